The van der Waals surface area contributed by atoms with Gasteiger partial charge >= 0.3 is 0 Å². The molecule has 0 fully saturated rings. The second-order valence-corrected chi connectivity index (χ2v) is 8.96. The molecule has 0 N–H and O–H groups in total. The van der Waals surface area contributed by atoms with Gasteiger partial charge in [-0.05, 0) is 46.9 Å². The molecule has 0 spiro atoms. The van der Waals surface area contributed by atoms with Crippen LogP contribution in [0.5, 0.6) is 5.75 Å². The van der Waals surface area contributed by atoms with E-state index >= 15 is 0 Å². The molecule has 0 saturated heterocycles. The van der Waals surface area contributed by atoms with E-state index in [1.807, 2.05) is 24.4 Å². The van der Waals surface area contributed by atoms with Crippen LogP contribution >= 0.6 is 0 Å². The summed E-state index contributed by atoms with van der Waals surface area (Å²) < 4.78 is 8.38. The molecule has 0 aliphatic heterocycles. The summed E-state index contributed by atoms with van der Waals surface area (Å²) in [6.45, 7) is 7.23. The summed E-state index contributed by atoms with van der Waals surface area (Å²) in [5, 5.41) is 2.42. The zero-order valence-electron chi connectivity index (χ0n) is 18.2. The highest BCUT2D eigenvalue weighted by Crippen LogP contribution is 2.34. The van der Waals surface area contributed by atoms with Crippen LogP contribution in [0.15, 0.2) is 91.1 Å². The molecule has 2 heterocycles. The van der Waals surface area contributed by atoms with Crippen molar-refractivity contribution < 1.29 is 4.74 Å². The molecule has 0 bridgehead atoms. The third kappa shape index (κ3) is 3.68. The lowest BCUT2D eigenvalue weighted by Gasteiger charge is -2.20. The first kappa shape index (κ1) is 19.4. The molecule has 0 aliphatic rings. The van der Waals surface area contributed by atoms with Crippen LogP contribution in [0.25, 0.3) is 27.6 Å². The quantitative estimate of drug-likeness (QED) is 0.319. The Bertz CT molecular complexity index is 1360. The van der Waals surface area contributed by atoms with E-state index in [4.69, 9.17) is 9.72 Å². The molecule has 0 aliphatic carbocycles. The van der Waals surface area contributed by atoms with Crippen molar-refractivity contribution in [2.45, 2.75) is 32.8 Å². The summed E-state index contributed by atoms with van der Waals surface area (Å²) in [7, 11) is 0. The predicted octanol–water partition coefficient (Wildman–Crippen LogP) is 7.06. The Morgan fingerprint density at radius 2 is 1.52 bits per heavy atom. The average molecular weight is 407 g/mol. The van der Waals surface area contributed by atoms with Crippen molar-refractivity contribution in [1.82, 2.24) is 9.55 Å². The number of nitrogens with zero attached hydrogens (tertiary/aromatic N) is 2. The van der Waals surface area contributed by atoms with Crippen LogP contribution in [0, 0.1) is 0 Å². The largest absolute Gasteiger partial charge is 0.489 e. The number of para-hydroxylation sites is 1. The van der Waals surface area contributed by atoms with Crippen molar-refractivity contribution in [3.8, 4) is 11.6 Å². The molecule has 0 saturated carbocycles. The lowest BCUT2D eigenvalue weighted by Crippen LogP contribution is -2.12. The van der Waals surface area contributed by atoms with E-state index in [0.717, 1.165) is 28.2 Å². The number of rotatable bonds is 4. The Balaban J connectivity index is 1.65. The molecule has 154 valence electrons. The smallest absolute Gasteiger partial charge is 0.137 e. The van der Waals surface area contributed by atoms with Crippen molar-refractivity contribution in [3.05, 3.63) is 102 Å². The summed E-state index contributed by atoms with van der Waals surface area (Å²) in [5.41, 5.74) is 4.73. The minimum Gasteiger partial charge on any atom is -0.489 e. The van der Waals surface area contributed by atoms with Gasteiger partial charge in [-0.3, -0.25) is 4.57 Å². The highest BCUT2D eigenvalue weighted by molar-refractivity contribution is 6.09. The Morgan fingerprint density at radius 1 is 0.774 bits per heavy atom. The fraction of sp³-hybridized carbons (Fsp3) is 0.179. The maximum Gasteiger partial charge on any atom is 0.137 e. The van der Waals surface area contributed by atoms with Crippen LogP contribution in [-0.4, -0.2) is 9.55 Å². The summed E-state index contributed by atoms with van der Waals surface area (Å²) >= 11 is 0. The Kier molecular flexibility index (Phi) is 4.74. The van der Waals surface area contributed by atoms with E-state index in [1.165, 1.54) is 16.3 Å². The molecule has 0 radical (unpaired) electrons. The number of benzene rings is 3. The van der Waals surface area contributed by atoms with Gasteiger partial charge in [0.25, 0.3) is 0 Å². The standard InChI is InChI=1S/C28H26N2O/c1-28(2,3)21-15-16-29-27(17-21)30-25-12-8-7-11-23(25)24-14-13-22(18-26(24)30)31-19-20-9-5-4-6-10-20/h4-18H,19H2,1-3H3. The van der Waals surface area contributed by atoms with Crippen molar-refractivity contribution in [3.63, 3.8) is 0 Å². The zero-order chi connectivity index (χ0) is 21.4. The zero-order valence-corrected chi connectivity index (χ0v) is 18.2. The molecular weight excluding hydrogens is 380 g/mol. The monoisotopic (exact) mass is 406 g/mol. The van der Waals surface area contributed by atoms with E-state index in [2.05, 4.69) is 92.1 Å². The first-order chi connectivity index (χ1) is 15.0. The Morgan fingerprint density at radius 3 is 2.32 bits per heavy atom. The summed E-state index contributed by atoms with van der Waals surface area (Å²) in [5.74, 6) is 1.78. The second-order valence-electron chi connectivity index (χ2n) is 8.96. The molecule has 3 aromatic carbocycles. The minimum absolute atomic E-state index is 0.0560. The Labute approximate surface area is 182 Å². The first-order valence-electron chi connectivity index (χ1n) is 10.7. The number of hydrogen-bond donors (Lipinski definition) is 0. The van der Waals surface area contributed by atoms with Gasteiger partial charge < -0.3 is 4.74 Å². The van der Waals surface area contributed by atoms with Gasteiger partial charge in [0.15, 0.2) is 0 Å². The van der Waals surface area contributed by atoms with Crippen molar-refractivity contribution >= 4 is 21.8 Å². The molecule has 31 heavy (non-hydrogen) atoms. The topological polar surface area (TPSA) is 27.1 Å². The minimum atomic E-state index is 0.0560. The van der Waals surface area contributed by atoms with Gasteiger partial charge in [-0.1, -0.05) is 69.3 Å². The predicted molar refractivity (Wildman–Crippen MR) is 128 cm³/mol. The summed E-state index contributed by atoms with van der Waals surface area (Å²) in [6, 6.07) is 29.4. The van der Waals surface area contributed by atoms with Gasteiger partial charge in [-0.2, -0.15) is 0 Å². The van der Waals surface area contributed by atoms with Gasteiger partial charge in [0.1, 0.15) is 18.2 Å². The van der Waals surface area contributed by atoms with E-state index in [1.54, 1.807) is 0 Å². The van der Waals surface area contributed by atoms with Crippen LogP contribution in [0.4, 0.5) is 0 Å². The average Bonchev–Trinajstić information content (AvgIpc) is 3.11. The van der Waals surface area contributed by atoms with Crippen molar-refractivity contribution in [2.75, 3.05) is 0 Å². The van der Waals surface area contributed by atoms with Crippen LogP contribution in [-0.2, 0) is 12.0 Å². The summed E-state index contributed by atoms with van der Waals surface area (Å²) in [6.07, 6.45) is 1.91. The number of hydrogen-bond acceptors (Lipinski definition) is 2. The molecule has 5 rings (SSSR count). The molecule has 0 amide bonds. The molecular formula is C28H26N2O. The number of pyridine rings is 1. The molecule has 3 nitrogen and oxygen atoms in total. The van der Waals surface area contributed by atoms with Gasteiger partial charge in [0.2, 0.25) is 0 Å². The van der Waals surface area contributed by atoms with Crippen molar-refractivity contribution in [1.29, 1.82) is 0 Å². The third-order valence-electron chi connectivity index (χ3n) is 5.73. The van der Waals surface area contributed by atoms with Crippen LogP contribution in [0.3, 0.4) is 0 Å². The fourth-order valence-corrected chi connectivity index (χ4v) is 4.04. The molecule has 3 heteroatoms. The van der Waals surface area contributed by atoms with Gasteiger partial charge in [0, 0.05) is 23.0 Å². The van der Waals surface area contributed by atoms with Gasteiger partial charge in [-0.15, -0.1) is 0 Å². The van der Waals surface area contributed by atoms with Crippen molar-refractivity contribution in [2.24, 2.45) is 0 Å². The summed E-state index contributed by atoms with van der Waals surface area (Å²) in [4.78, 5) is 4.74. The SMILES string of the molecule is CC(C)(C)c1ccnc(-n2c3ccccc3c3ccc(OCc4ccccc4)cc32)c1. The maximum absolute atomic E-state index is 6.13. The van der Waals surface area contributed by atoms with Crippen LogP contribution in [0.2, 0.25) is 0 Å². The molecule has 0 atom stereocenters. The third-order valence-corrected chi connectivity index (χ3v) is 5.73. The van der Waals surface area contributed by atoms with E-state index in [0.29, 0.717) is 6.61 Å². The van der Waals surface area contributed by atoms with E-state index in [9.17, 15) is 0 Å². The van der Waals surface area contributed by atoms with Crippen LogP contribution < -0.4 is 4.74 Å². The molecule has 0 unspecified atom stereocenters. The van der Waals surface area contributed by atoms with E-state index < -0.39 is 0 Å². The maximum atomic E-state index is 6.13. The van der Waals surface area contributed by atoms with Gasteiger partial charge in [0.05, 0.1) is 11.0 Å². The highest BCUT2D eigenvalue weighted by Gasteiger charge is 2.18. The number of aromatic nitrogens is 2. The number of ether oxygens (including phenoxy) is 1. The first-order valence-corrected chi connectivity index (χ1v) is 10.7. The fourth-order valence-electron chi connectivity index (χ4n) is 4.04. The number of fused-ring (bicyclic) bond motifs is 3. The second kappa shape index (κ2) is 7.59. The van der Waals surface area contributed by atoms with Gasteiger partial charge in [-0.25, -0.2) is 4.98 Å². The molecule has 2 aromatic heterocycles. The Hall–Kier alpha value is -3.59. The van der Waals surface area contributed by atoms with Crippen LogP contribution in [0.1, 0.15) is 31.9 Å². The highest BCUT2D eigenvalue weighted by atomic mass is 16.5. The molecule has 5 aromatic rings. The lowest BCUT2D eigenvalue weighted by molar-refractivity contribution is 0.306. The lowest BCUT2D eigenvalue weighted by atomic mass is 9.88. The van der Waals surface area contributed by atoms with E-state index in [-0.39, 0.29) is 5.41 Å². The normalized spacial score (nSPS) is 11.8.